The number of nitrogen functional groups attached to an aromatic ring is 1. The number of rotatable bonds is 6. The number of aliphatic hydroxyl groups excluding tert-OH is 1. The first kappa shape index (κ1) is 19.4. The third-order valence-corrected chi connectivity index (χ3v) is 8.04. The van der Waals surface area contributed by atoms with Crippen LogP contribution in [0.1, 0.15) is 0 Å². The van der Waals surface area contributed by atoms with Crippen molar-refractivity contribution < 1.29 is 13.5 Å². The van der Waals surface area contributed by atoms with E-state index in [0.29, 0.717) is 23.9 Å². The first-order chi connectivity index (χ1) is 12.2. The molecule has 1 aliphatic rings. The number of nitrogens with zero attached hydrogens (tertiary/aromatic N) is 4. The molecule has 0 bridgehead atoms. The van der Waals surface area contributed by atoms with Gasteiger partial charge < -0.3 is 15.7 Å². The van der Waals surface area contributed by atoms with Gasteiger partial charge in [-0.2, -0.15) is 4.98 Å². The maximum atomic E-state index is 12.1. The zero-order valence-corrected chi connectivity index (χ0v) is 16.9. The lowest BCUT2D eigenvalue weighted by Crippen LogP contribution is -2.33. The van der Waals surface area contributed by atoms with Crippen molar-refractivity contribution in [2.24, 2.45) is 5.92 Å². The number of hydrogen-bond acceptors (Lipinski definition) is 9. The molecule has 142 valence electrons. The maximum Gasteiger partial charge on any atom is 0.223 e. The zero-order valence-electron chi connectivity index (χ0n) is 14.4. The molecule has 3 rings (SSSR count). The van der Waals surface area contributed by atoms with Crippen LogP contribution in [0.15, 0.2) is 32.8 Å². The predicted octanol–water partition coefficient (Wildman–Crippen LogP) is 0.960. The Hall–Kier alpha value is -1.40. The molecule has 0 aliphatic carbocycles. The molecular weight excluding hydrogens is 394 g/mol. The van der Waals surface area contributed by atoms with E-state index in [1.54, 1.807) is 11.3 Å². The lowest BCUT2D eigenvalue weighted by Gasteiger charge is -2.19. The van der Waals surface area contributed by atoms with Crippen molar-refractivity contribution in [3.8, 4) is 0 Å². The third-order valence-electron chi connectivity index (χ3n) is 4.12. The summed E-state index contributed by atoms with van der Waals surface area (Å²) in [6, 6.07) is 5.77. The summed E-state index contributed by atoms with van der Waals surface area (Å²) in [5.74, 6) is 0.266. The third kappa shape index (κ3) is 4.46. The standard InChI is InChI=1S/C15H21N5O3S3/c1-19(2)26(22,23)9-10-7-20(8-11(10)21)12-6-13(18-15(16)17-12)25-14-4-3-5-24-14/h3-6,10-11,21H,7-9H2,1-2H3,(H2,16,17,18)/t10-,11-/m0/s1. The predicted molar refractivity (Wildman–Crippen MR) is 104 cm³/mol. The molecule has 1 saturated heterocycles. The highest BCUT2D eigenvalue weighted by atomic mass is 32.2. The Morgan fingerprint density at radius 2 is 2.19 bits per heavy atom. The Bertz CT molecular complexity index is 857. The molecule has 26 heavy (non-hydrogen) atoms. The van der Waals surface area contributed by atoms with E-state index in [0.717, 1.165) is 4.21 Å². The van der Waals surface area contributed by atoms with Crippen LogP contribution < -0.4 is 10.6 Å². The van der Waals surface area contributed by atoms with Crippen LogP contribution in [-0.4, -0.2) is 66.8 Å². The van der Waals surface area contributed by atoms with Crippen molar-refractivity contribution in [3.63, 3.8) is 0 Å². The number of aliphatic hydroxyl groups is 1. The first-order valence-electron chi connectivity index (χ1n) is 7.94. The summed E-state index contributed by atoms with van der Waals surface area (Å²) in [6.45, 7) is 0.709. The van der Waals surface area contributed by atoms with Crippen LogP contribution in [0.3, 0.4) is 0 Å². The van der Waals surface area contributed by atoms with Gasteiger partial charge in [0.1, 0.15) is 10.8 Å². The fraction of sp³-hybridized carbons (Fsp3) is 0.467. The van der Waals surface area contributed by atoms with Crippen LogP contribution in [0.5, 0.6) is 0 Å². The van der Waals surface area contributed by atoms with Crippen molar-refractivity contribution in [2.45, 2.75) is 15.3 Å². The van der Waals surface area contributed by atoms with E-state index in [-0.39, 0.29) is 17.6 Å². The number of thiophene rings is 1. The van der Waals surface area contributed by atoms with Crippen LogP contribution in [-0.2, 0) is 10.0 Å². The highest BCUT2D eigenvalue weighted by molar-refractivity contribution is 8.01. The minimum absolute atomic E-state index is 0.102. The van der Waals surface area contributed by atoms with Crippen molar-refractivity contribution >= 4 is 44.9 Å². The number of anilines is 2. The molecule has 3 heterocycles. The fourth-order valence-electron chi connectivity index (χ4n) is 2.69. The van der Waals surface area contributed by atoms with Gasteiger partial charge in [-0.3, -0.25) is 0 Å². The van der Waals surface area contributed by atoms with Gasteiger partial charge >= 0.3 is 0 Å². The van der Waals surface area contributed by atoms with Gasteiger partial charge in [-0.1, -0.05) is 17.8 Å². The quantitative estimate of drug-likeness (QED) is 0.671. The van der Waals surface area contributed by atoms with E-state index >= 15 is 0 Å². The van der Waals surface area contributed by atoms with Gasteiger partial charge in [-0.15, -0.1) is 11.3 Å². The minimum Gasteiger partial charge on any atom is -0.391 e. The van der Waals surface area contributed by atoms with Gasteiger partial charge in [0, 0.05) is 39.2 Å². The molecule has 0 amide bonds. The Morgan fingerprint density at radius 1 is 1.42 bits per heavy atom. The average molecular weight is 416 g/mol. The van der Waals surface area contributed by atoms with Crippen LogP contribution in [0.2, 0.25) is 0 Å². The number of sulfonamides is 1. The summed E-state index contributed by atoms with van der Waals surface area (Å²) < 4.78 is 26.5. The van der Waals surface area contributed by atoms with Gasteiger partial charge in [0.05, 0.1) is 16.1 Å². The molecular formula is C15H21N5O3S3. The molecule has 0 radical (unpaired) electrons. The smallest absolute Gasteiger partial charge is 0.223 e. The summed E-state index contributed by atoms with van der Waals surface area (Å²) in [7, 11) is -0.397. The number of nitrogens with two attached hydrogens (primary N) is 1. The van der Waals surface area contributed by atoms with Gasteiger partial charge in [0.2, 0.25) is 16.0 Å². The second-order valence-electron chi connectivity index (χ2n) is 6.25. The van der Waals surface area contributed by atoms with Gasteiger partial charge in [-0.25, -0.2) is 17.7 Å². The maximum absolute atomic E-state index is 12.1. The van der Waals surface area contributed by atoms with Gasteiger partial charge in [-0.05, 0) is 11.4 Å². The average Bonchev–Trinajstić information content (AvgIpc) is 3.17. The van der Waals surface area contributed by atoms with Crippen LogP contribution in [0.4, 0.5) is 11.8 Å². The normalized spacial score (nSPS) is 20.8. The van der Waals surface area contributed by atoms with Crippen molar-refractivity contribution in [1.29, 1.82) is 0 Å². The number of β-amino-alcohol motifs (C(OH)–C–C–N with tert-alkyl or cyclic N) is 1. The molecule has 0 spiro atoms. The molecule has 1 aliphatic heterocycles. The molecule has 11 heteroatoms. The van der Waals surface area contributed by atoms with Crippen molar-refractivity contribution in [3.05, 3.63) is 23.6 Å². The van der Waals surface area contributed by atoms with E-state index in [4.69, 9.17) is 5.73 Å². The van der Waals surface area contributed by atoms with E-state index < -0.39 is 16.1 Å². The molecule has 0 saturated carbocycles. The van der Waals surface area contributed by atoms with Gasteiger partial charge in [0.15, 0.2) is 0 Å². The molecule has 8 nitrogen and oxygen atoms in total. The Kier molecular flexibility index (Phi) is 5.72. The van der Waals surface area contributed by atoms with Crippen molar-refractivity contribution in [2.75, 3.05) is 43.6 Å². The Morgan fingerprint density at radius 3 is 2.85 bits per heavy atom. The second-order valence-corrected chi connectivity index (χ2v) is 10.7. The summed E-state index contributed by atoms with van der Waals surface area (Å²) in [6.07, 6.45) is -0.741. The zero-order chi connectivity index (χ0) is 18.9. The molecule has 2 aromatic rings. The largest absolute Gasteiger partial charge is 0.391 e. The van der Waals surface area contributed by atoms with Crippen LogP contribution >= 0.6 is 23.1 Å². The molecule has 0 aromatic carbocycles. The van der Waals surface area contributed by atoms with Gasteiger partial charge in [0.25, 0.3) is 0 Å². The lowest BCUT2D eigenvalue weighted by atomic mass is 10.1. The van der Waals surface area contributed by atoms with Crippen LogP contribution in [0.25, 0.3) is 0 Å². The lowest BCUT2D eigenvalue weighted by molar-refractivity contribution is 0.157. The van der Waals surface area contributed by atoms with E-state index in [9.17, 15) is 13.5 Å². The number of aromatic nitrogens is 2. The molecule has 2 aromatic heterocycles. The second kappa shape index (κ2) is 7.69. The molecule has 3 N–H and O–H groups in total. The Balaban J connectivity index is 1.76. The van der Waals surface area contributed by atoms with E-state index in [2.05, 4.69) is 9.97 Å². The van der Waals surface area contributed by atoms with Crippen molar-refractivity contribution in [1.82, 2.24) is 14.3 Å². The molecule has 1 fully saturated rings. The SMILES string of the molecule is CN(C)S(=O)(=O)C[C@@H]1CN(c2cc(Sc3cccs3)nc(N)n2)C[C@@H]1O. The topological polar surface area (TPSA) is 113 Å². The summed E-state index contributed by atoms with van der Waals surface area (Å²) >= 11 is 3.10. The summed E-state index contributed by atoms with van der Waals surface area (Å²) in [5, 5.41) is 13.0. The highest BCUT2D eigenvalue weighted by Gasteiger charge is 2.36. The summed E-state index contributed by atoms with van der Waals surface area (Å²) in [4.78, 5) is 10.4. The molecule has 0 unspecified atom stereocenters. The Labute approximate surface area is 161 Å². The number of hydrogen-bond donors (Lipinski definition) is 2. The summed E-state index contributed by atoms with van der Waals surface area (Å²) in [5.41, 5.74) is 5.84. The fourth-order valence-corrected chi connectivity index (χ4v) is 5.58. The highest BCUT2D eigenvalue weighted by Crippen LogP contribution is 2.33. The minimum atomic E-state index is -3.38. The van der Waals surface area contributed by atoms with Crippen LogP contribution in [0, 0.1) is 5.92 Å². The van der Waals surface area contributed by atoms with E-state index in [1.807, 2.05) is 28.5 Å². The van der Waals surface area contributed by atoms with E-state index in [1.165, 1.54) is 30.2 Å². The molecule has 2 atom stereocenters. The monoisotopic (exact) mass is 415 g/mol. The first-order valence-corrected chi connectivity index (χ1v) is 11.2.